The van der Waals surface area contributed by atoms with Crippen LogP contribution in [0.1, 0.15) is 12.8 Å². The van der Waals surface area contributed by atoms with Crippen LogP contribution in [-0.4, -0.2) is 29.9 Å². The molecule has 0 fully saturated rings. The van der Waals surface area contributed by atoms with Gasteiger partial charge in [-0.25, -0.2) is 5.84 Å². The molecule has 5 N–H and O–H groups in total. The van der Waals surface area contributed by atoms with Crippen molar-refractivity contribution in [1.82, 2.24) is 10.3 Å². The molecule has 2 amide bonds. The Morgan fingerprint density at radius 3 is 2.54 bits per heavy atom. The predicted molar refractivity (Wildman–Crippen MR) is 96.1 cm³/mol. The number of nitrogens with one attached hydrogen (secondary N) is 1. The van der Waals surface area contributed by atoms with Crippen LogP contribution in [-0.2, 0) is 9.59 Å². The summed E-state index contributed by atoms with van der Waals surface area (Å²) in [5.74, 6) is 4.78. The highest BCUT2D eigenvalue weighted by molar-refractivity contribution is 5.99. The van der Waals surface area contributed by atoms with Crippen molar-refractivity contribution >= 4 is 11.8 Å². The van der Waals surface area contributed by atoms with Crippen LogP contribution in [0.3, 0.4) is 0 Å². The summed E-state index contributed by atoms with van der Waals surface area (Å²) in [5.41, 5.74) is 7.18. The van der Waals surface area contributed by atoms with Crippen LogP contribution in [0, 0.1) is 0 Å². The number of nitrogens with two attached hydrogens (primary N) is 2. The van der Waals surface area contributed by atoms with Crippen LogP contribution in [0.4, 0.5) is 0 Å². The maximum atomic E-state index is 12.3. The molecule has 1 aliphatic rings. The number of amides is 2. The molecule has 0 radical (unpaired) electrons. The van der Waals surface area contributed by atoms with Crippen LogP contribution < -0.4 is 16.9 Å². The first-order chi connectivity index (χ1) is 11.5. The second kappa shape index (κ2) is 10.0. The van der Waals surface area contributed by atoms with E-state index in [1.54, 1.807) is 0 Å². The monoisotopic (exact) mass is 328 g/mol. The highest BCUT2D eigenvalue weighted by Gasteiger charge is 2.19. The first-order valence-electron chi connectivity index (χ1n) is 7.59. The van der Waals surface area contributed by atoms with Crippen LogP contribution in [0.2, 0.25) is 0 Å². The summed E-state index contributed by atoms with van der Waals surface area (Å²) < 4.78 is 0. The van der Waals surface area contributed by atoms with Crippen molar-refractivity contribution in [1.29, 1.82) is 0 Å². The van der Waals surface area contributed by atoms with Gasteiger partial charge in [0.15, 0.2) is 0 Å². The number of carbonyl (C=O) groups excluding carboxylic acids is 2. The van der Waals surface area contributed by atoms with E-state index in [0.717, 1.165) is 23.4 Å². The zero-order chi connectivity index (χ0) is 17.9. The molecule has 0 saturated carbocycles. The van der Waals surface area contributed by atoms with E-state index in [-0.39, 0.29) is 23.7 Å². The van der Waals surface area contributed by atoms with Crippen molar-refractivity contribution in [2.24, 2.45) is 11.6 Å². The van der Waals surface area contributed by atoms with E-state index in [9.17, 15) is 9.59 Å². The maximum Gasteiger partial charge on any atom is 0.270 e. The molecule has 1 aliphatic carbocycles. The molecular weight excluding hydrogens is 304 g/mol. The van der Waals surface area contributed by atoms with E-state index in [4.69, 9.17) is 11.6 Å². The molecule has 0 aromatic rings. The van der Waals surface area contributed by atoms with Gasteiger partial charge in [-0.15, -0.1) is 0 Å². The van der Waals surface area contributed by atoms with Gasteiger partial charge in [-0.05, 0) is 30.6 Å². The number of carbonyl (C=O) groups is 2. The van der Waals surface area contributed by atoms with E-state index in [1.807, 2.05) is 6.08 Å². The number of hydrazine groups is 1. The average molecular weight is 328 g/mol. The van der Waals surface area contributed by atoms with Crippen molar-refractivity contribution in [3.05, 3.63) is 72.5 Å². The number of hydrogen-bond acceptors (Lipinski definition) is 4. The molecule has 24 heavy (non-hydrogen) atoms. The lowest BCUT2D eigenvalue weighted by atomic mass is 10.1. The summed E-state index contributed by atoms with van der Waals surface area (Å²) in [5, 5.41) is 3.55. The molecular formula is C18H24N4O2. The van der Waals surface area contributed by atoms with Crippen LogP contribution in [0.25, 0.3) is 0 Å². The number of allylic oxidation sites excluding steroid dienone is 6. The summed E-state index contributed by atoms with van der Waals surface area (Å²) in [6.07, 6.45) is 13.9. The Kier molecular flexibility index (Phi) is 8.01. The molecule has 0 saturated heterocycles. The van der Waals surface area contributed by atoms with E-state index in [0.29, 0.717) is 6.54 Å². The summed E-state index contributed by atoms with van der Waals surface area (Å²) >= 11 is 0. The molecule has 0 spiro atoms. The summed E-state index contributed by atoms with van der Waals surface area (Å²) in [6, 6.07) is 0. The smallest absolute Gasteiger partial charge is 0.270 e. The Balaban J connectivity index is 2.62. The molecule has 0 atom stereocenters. The zero-order valence-corrected chi connectivity index (χ0v) is 13.7. The highest BCUT2D eigenvalue weighted by Crippen LogP contribution is 2.09. The van der Waals surface area contributed by atoms with E-state index < -0.39 is 5.91 Å². The molecule has 6 nitrogen and oxygen atoms in total. The Morgan fingerprint density at radius 1 is 1.25 bits per heavy atom. The van der Waals surface area contributed by atoms with Gasteiger partial charge < -0.3 is 11.1 Å². The zero-order valence-electron chi connectivity index (χ0n) is 13.7. The van der Waals surface area contributed by atoms with Crippen molar-refractivity contribution in [3.63, 3.8) is 0 Å². The van der Waals surface area contributed by atoms with Crippen molar-refractivity contribution in [2.75, 3.05) is 13.1 Å². The fourth-order valence-corrected chi connectivity index (χ4v) is 2.06. The predicted octanol–water partition coefficient (Wildman–Crippen LogP) is 1.22. The fourth-order valence-electron chi connectivity index (χ4n) is 2.06. The SMILES string of the molecule is C=C/C=C(N)\C(=C/C=C)C(=O)N(N)CC(=O)NCC1=CCCC=C1. The van der Waals surface area contributed by atoms with Gasteiger partial charge in [-0.2, -0.15) is 0 Å². The molecule has 0 unspecified atom stereocenters. The summed E-state index contributed by atoms with van der Waals surface area (Å²) in [4.78, 5) is 24.3. The Morgan fingerprint density at radius 2 is 1.96 bits per heavy atom. The Bertz CT molecular complexity index is 627. The summed E-state index contributed by atoms with van der Waals surface area (Å²) in [6.45, 7) is 7.20. The molecule has 0 bridgehead atoms. The molecule has 0 aromatic carbocycles. The number of nitrogens with zero attached hydrogens (tertiary/aromatic N) is 1. The van der Waals surface area contributed by atoms with E-state index in [2.05, 4.69) is 30.6 Å². The molecule has 128 valence electrons. The minimum atomic E-state index is -0.572. The van der Waals surface area contributed by atoms with E-state index >= 15 is 0 Å². The lowest BCUT2D eigenvalue weighted by Crippen LogP contribution is -2.46. The third kappa shape index (κ3) is 6.10. The Hall–Kier alpha value is -2.86. The first kappa shape index (κ1) is 19.2. The van der Waals surface area contributed by atoms with Gasteiger partial charge in [0.25, 0.3) is 5.91 Å². The topological polar surface area (TPSA) is 101 Å². The lowest BCUT2D eigenvalue weighted by molar-refractivity contribution is -0.133. The average Bonchev–Trinajstić information content (AvgIpc) is 2.58. The molecule has 6 heteroatoms. The molecule has 0 heterocycles. The van der Waals surface area contributed by atoms with Gasteiger partial charge >= 0.3 is 0 Å². The van der Waals surface area contributed by atoms with Gasteiger partial charge in [0.1, 0.15) is 6.54 Å². The third-order valence-corrected chi connectivity index (χ3v) is 3.26. The van der Waals surface area contributed by atoms with Crippen LogP contribution in [0.5, 0.6) is 0 Å². The fraction of sp³-hybridized carbons (Fsp3) is 0.222. The summed E-state index contributed by atoms with van der Waals surface area (Å²) in [7, 11) is 0. The second-order valence-electron chi connectivity index (χ2n) is 5.14. The van der Waals surface area contributed by atoms with Gasteiger partial charge in [-0.3, -0.25) is 14.6 Å². The largest absolute Gasteiger partial charge is 0.398 e. The molecule has 0 aliphatic heterocycles. The minimum absolute atomic E-state index is 0.151. The van der Waals surface area contributed by atoms with Crippen LogP contribution >= 0.6 is 0 Å². The van der Waals surface area contributed by atoms with E-state index in [1.165, 1.54) is 24.3 Å². The maximum absolute atomic E-state index is 12.3. The van der Waals surface area contributed by atoms with Gasteiger partial charge in [0.05, 0.1) is 5.57 Å². The van der Waals surface area contributed by atoms with Crippen molar-refractivity contribution in [3.8, 4) is 0 Å². The standard InChI is InChI=1S/C18H24N4O2/c1-3-8-15(16(19)9-4-2)18(24)22(20)13-17(23)21-12-14-10-6-5-7-11-14/h3-4,6,8-11H,1-2,5,7,12-13,19-20H2,(H,21,23)/b15-8+,16-9+. The van der Waals surface area contributed by atoms with Gasteiger partial charge in [0.2, 0.25) is 5.91 Å². The highest BCUT2D eigenvalue weighted by atomic mass is 16.2. The molecule has 0 aromatic heterocycles. The lowest BCUT2D eigenvalue weighted by Gasteiger charge is -2.18. The number of hydrogen-bond donors (Lipinski definition) is 3. The van der Waals surface area contributed by atoms with Gasteiger partial charge in [0, 0.05) is 12.2 Å². The van der Waals surface area contributed by atoms with Crippen molar-refractivity contribution < 1.29 is 9.59 Å². The van der Waals surface area contributed by atoms with Crippen LogP contribution in [0.15, 0.2) is 72.5 Å². The quantitative estimate of drug-likeness (QED) is 0.205. The normalized spacial score (nSPS) is 14.6. The Labute approximate surface area is 142 Å². The first-order valence-corrected chi connectivity index (χ1v) is 7.59. The number of rotatable bonds is 8. The third-order valence-electron chi connectivity index (χ3n) is 3.26. The van der Waals surface area contributed by atoms with Gasteiger partial charge in [-0.1, -0.05) is 43.5 Å². The second-order valence-corrected chi connectivity index (χ2v) is 5.14. The molecule has 1 rings (SSSR count). The van der Waals surface area contributed by atoms with Crippen molar-refractivity contribution in [2.45, 2.75) is 12.8 Å². The minimum Gasteiger partial charge on any atom is -0.398 e.